The van der Waals surface area contributed by atoms with Crippen molar-refractivity contribution in [3.05, 3.63) is 46.6 Å². The van der Waals surface area contributed by atoms with Crippen LogP contribution in [0.1, 0.15) is 0 Å². The molecule has 3 rings (SSSR count). The third-order valence-electron chi connectivity index (χ3n) is 3.11. The van der Waals surface area contributed by atoms with Gasteiger partial charge in [-0.05, 0) is 36.4 Å². The number of phenolic OH excluding ortho intramolecular Hbond substituents is 3. The van der Waals surface area contributed by atoms with Crippen molar-refractivity contribution >= 4 is 11.0 Å². The lowest BCUT2D eigenvalue weighted by Crippen LogP contribution is -2.03. The smallest absolute Gasteiger partial charge is 0.238 e. The summed E-state index contributed by atoms with van der Waals surface area (Å²) in [7, 11) is 0. The lowest BCUT2D eigenvalue weighted by molar-refractivity contribution is 0.432. The van der Waals surface area contributed by atoms with E-state index in [1.54, 1.807) is 0 Å². The van der Waals surface area contributed by atoms with Crippen LogP contribution in [0.15, 0.2) is 45.6 Å². The standard InChI is InChI=1S/C15H10O6/c16-8-3-1-7(2-4-8)14-13(20)12(19)11-9(17)5-6-10(18)15(11)21-14/h1-6,16-18,20H. The van der Waals surface area contributed by atoms with Gasteiger partial charge in [0.15, 0.2) is 17.1 Å². The fourth-order valence-corrected chi connectivity index (χ4v) is 2.06. The summed E-state index contributed by atoms with van der Waals surface area (Å²) in [5.41, 5.74) is -0.736. The van der Waals surface area contributed by atoms with Crippen LogP contribution < -0.4 is 5.43 Å². The van der Waals surface area contributed by atoms with Crippen LogP contribution in [0, 0.1) is 0 Å². The van der Waals surface area contributed by atoms with Crippen LogP contribution in [-0.4, -0.2) is 20.4 Å². The molecule has 0 amide bonds. The van der Waals surface area contributed by atoms with Gasteiger partial charge in [0.2, 0.25) is 11.2 Å². The van der Waals surface area contributed by atoms with Crippen LogP contribution in [0.2, 0.25) is 0 Å². The number of phenols is 3. The maximum absolute atomic E-state index is 12.1. The molecule has 4 N–H and O–H groups in total. The van der Waals surface area contributed by atoms with Gasteiger partial charge in [0.05, 0.1) is 0 Å². The first kappa shape index (κ1) is 12.9. The van der Waals surface area contributed by atoms with Gasteiger partial charge in [0, 0.05) is 5.56 Å². The molecule has 3 aromatic rings. The predicted molar refractivity (Wildman–Crippen MR) is 74.6 cm³/mol. The monoisotopic (exact) mass is 286 g/mol. The number of fused-ring (bicyclic) bond motifs is 1. The van der Waals surface area contributed by atoms with E-state index in [9.17, 15) is 25.2 Å². The van der Waals surface area contributed by atoms with E-state index in [4.69, 9.17) is 4.42 Å². The van der Waals surface area contributed by atoms with E-state index >= 15 is 0 Å². The van der Waals surface area contributed by atoms with Crippen LogP contribution in [0.25, 0.3) is 22.3 Å². The van der Waals surface area contributed by atoms with Crippen LogP contribution in [-0.2, 0) is 0 Å². The number of benzene rings is 2. The van der Waals surface area contributed by atoms with Crippen molar-refractivity contribution in [1.29, 1.82) is 0 Å². The van der Waals surface area contributed by atoms with Crippen molar-refractivity contribution < 1.29 is 24.8 Å². The maximum atomic E-state index is 12.1. The molecule has 0 radical (unpaired) electrons. The third kappa shape index (κ3) is 1.93. The first-order chi connectivity index (χ1) is 9.99. The Morgan fingerprint density at radius 1 is 0.810 bits per heavy atom. The van der Waals surface area contributed by atoms with E-state index in [0.29, 0.717) is 5.56 Å². The molecule has 2 aromatic carbocycles. The maximum Gasteiger partial charge on any atom is 0.238 e. The molecule has 6 heteroatoms. The van der Waals surface area contributed by atoms with E-state index in [2.05, 4.69) is 0 Å². The summed E-state index contributed by atoms with van der Waals surface area (Å²) in [6.45, 7) is 0. The Bertz CT molecular complexity index is 893. The van der Waals surface area contributed by atoms with Crippen molar-refractivity contribution in [3.63, 3.8) is 0 Å². The lowest BCUT2D eigenvalue weighted by atomic mass is 10.1. The van der Waals surface area contributed by atoms with Crippen molar-refractivity contribution in [1.82, 2.24) is 0 Å². The summed E-state index contributed by atoms with van der Waals surface area (Å²) >= 11 is 0. The summed E-state index contributed by atoms with van der Waals surface area (Å²) in [5.74, 6) is -1.56. The minimum Gasteiger partial charge on any atom is -0.508 e. The molecule has 0 bridgehead atoms. The molecule has 0 aliphatic carbocycles. The highest BCUT2D eigenvalue weighted by Gasteiger charge is 2.19. The van der Waals surface area contributed by atoms with Crippen molar-refractivity contribution in [3.8, 4) is 34.3 Å². The summed E-state index contributed by atoms with van der Waals surface area (Å²) < 4.78 is 5.37. The molecule has 0 atom stereocenters. The van der Waals surface area contributed by atoms with Gasteiger partial charge in [-0.25, -0.2) is 0 Å². The minimum atomic E-state index is -0.854. The average molecular weight is 286 g/mol. The van der Waals surface area contributed by atoms with Crippen LogP contribution in [0.3, 0.4) is 0 Å². The highest BCUT2D eigenvalue weighted by molar-refractivity contribution is 5.90. The van der Waals surface area contributed by atoms with Crippen molar-refractivity contribution in [2.24, 2.45) is 0 Å². The molecule has 0 spiro atoms. The Kier molecular flexibility index (Phi) is 2.72. The summed E-state index contributed by atoms with van der Waals surface area (Å²) in [6.07, 6.45) is 0. The number of hydrogen-bond acceptors (Lipinski definition) is 6. The van der Waals surface area contributed by atoms with E-state index in [-0.39, 0.29) is 28.2 Å². The normalized spacial score (nSPS) is 10.9. The van der Waals surface area contributed by atoms with Gasteiger partial charge in [-0.1, -0.05) is 0 Å². The van der Waals surface area contributed by atoms with Gasteiger partial charge in [-0.3, -0.25) is 4.79 Å². The largest absolute Gasteiger partial charge is 0.508 e. The molecule has 0 saturated carbocycles. The fourth-order valence-electron chi connectivity index (χ4n) is 2.06. The van der Waals surface area contributed by atoms with Crippen LogP contribution >= 0.6 is 0 Å². The summed E-state index contributed by atoms with van der Waals surface area (Å²) in [6, 6.07) is 7.92. The second kappa shape index (κ2) is 4.45. The average Bonchev–Trinajstić information content (AvgIpc) is 2.47. The Balaban J connectivity index is 2.40. The van der Waals surface area contributed by atoms with E-state index in [1.165, 1.54) is 30.3 Å². The van der Waals surface area contributed by atoms with Crippen LogP contribution in [0.5, 0.6) is 23.0 Å². The number of aromatic hydroxyl groups is 4. The third-order valence-corrected chi connectivity index (χ3v) is 3.11. The second-order valence-electron chi connectivity index (χ2n) is 4.46. The molecule has 1 aromatic heterocycles. The molecule has 0 unspecified atom stereocenters. The van der Waals surface area contributed by atoms with Gasteiger partial charge in [-0.2, -0.15) is 0 Å². The minimum absolute atomic E-state index is 0.0156. The molecule has 0 fully saturated rings. The van der Waals surface area contributed by atoms with Crippen LogP contribution in [0.4, 0.5) is 0 Å². The van der Waals surface area contributed by atoms with E-state index in [1.807, 2.05) is 0 Å². The Morgan fingerprint density at radius 2 is 1.43 bits per heavy atom. The van der Waals surface area contributed by atoms with Gasteiger partial charge in [0.25, 0.3) is 0 Å². The van der Waals surface area contributed by atoms with Gasteiger partial charge in [-0.15, -0.1) is 0 Å². The molecule has 21 heavy (non-hydrogen) atoms. The SMILES string of the molecule is O=c1c(O)c(-c2ccc(O)cc2)oc2c(O)ccc(O)c12. The summed E-state index contributed by atoms with van der Waals surface area (Å²) in [5, 5.41) is 38.4. The molecule has 0 saturated heterocycles. The van der Waals surface area contributed by atoms with Gasteiger partial charge >= 0.3 is 0 Å². The quantitative estimate of drug-likeness (QED) is 0.511. The molecular weight excluding hydrogens is 276 g/mol. The Morgan fingerprint density at radius 3 is 2.10 bits per heavy atom. The zero-order valence-electron chi connectivity index (χ0n) is 10.6. The Hall–Kier alpha value is -3.15. The zero-order valence-corrected chi connectivity index (χ0v) is 10.6. The number of rotatable bonds is 1. The van der Waals surface area contributed by atoms with Crippen molar-refractivity contribution in [2.45, 2.75) is 0 Å². The first-order valence-corrected chi connectivity index (χ1v) is 5.99. The molecule has 106 valence electrons. The highest BCUT2D eigenvalue weighted by Crippen LogP contribution is 2.36. The van der Waals surface area contributed by atoms with E-state index < -0.39 is 16.9 Å². The highest BCUT2D eigenvalue weighted by atomic mass is 16.4. The van der Waals surface area contributed by atoms with Crippen molar-refractivity contribution in [2.75, 3.05) is 0 Å². The zero-order chi connectivity index (χ0) is 15.1. The first-order valence-electron chi connectivity index (χ1n) is 5.99. The fraction of sp³-hybridized carbons (Fsp3) is 0. The topological polar surface area (TPSA) is 111 Å². The van der Waals surface area contributed by atoms with Gasteiger partial charge in [0.1, 0.15) is 16.9 Å². The van der Waals surface area contributed by atoms with Gasteiger partial charge < -0.3 is 24.8 Å². The lowest BCUT2D eigenvalue weighted by Gasteiger charge is -2.08. The predicted octanol–water partition coefficient (Wildman–Crippen LogP) is 2.28. The molecule has 6 nitrogen and oxygen atoms in total. The second-order valence-corrected chi connectivity index (χ2v) is 4.46. The Labute approximate surface area is 117 Å². The van der Waals surface area contributed by atoms with E-state index in [0.717, 1.165) is 6.07 Å². The molecule has 1 heterocycles. The molecular formula is C15H10O6. The number of hydrogen-bond donors (Lipinski definition) is 4. The molecule has 0 aliphatic heterocycles. The molecule has 0 aliphatic rings. The summed E-state index contributed by atoms with van der Waals surface area (Å²) in [4.78, 5) is 12.1.